The highest BCUT2D eigenvalue weighted by atomic mass is 16.5. The summed E-state index contributed by atoms with van der Waals surface area (Å²) < 4.78 is 10.2. The van der Waals surface area contributed by atoms with Crippen LogP contribution < -0.4 is 21.3 Å². The summed E-state index contributed by atoms with van der Waals surface area (Å²) in [7, 11) is 1.50. The number of hydrogen-bond acceptors (Lipinski definition) is 5. The molecule has 0 aliphatic heterocycles. The second-order valence-electron chi connectivity index (χ2n) is 5.10. The van der Waals surface area contributed by atoms with Crippen LogP contribution in [0.1, 0.15) is 21.5 Å². The van der Waals surface area contributed by atoms with Gasteiger partial charge in [-0.25, -0.2) is 10.6 Å². The number of hydrogen-bond donors (Lipinski definition) is 3. The van der Waals surface area contributed by atoms with E-state index < -0.39 is 12.0 Å². The Kier molecular flexibility index (Phi) is 7.04. The minimum absolute atomic E-state index is 0.0728. The molecule has 0 aliphatic carbocycles. The summed E-state index contributed by atoms with van der Waals surface area (Å²) in [6.07, 6.45) is -0.571. The number of nitrogens with two attached hydrogens (primary N) is 1. The molecule has 7 nitrogen and oxygen atoms in total. The Bertz CT molecular complexity index is 826. The van der Waals surface area contributed by atoms with Crippen LogP contribution in [0.2, 0.25) is 0 Å². The number of nitrogen functional groups attached to an aromatic ring is 1. The monoisotopic (exact) mass is 353 g/mol. The fraction of sp³-hybridized carbons (Fsp3) is 0.158. The first kappa shape index (κ1) is 18.8. The molecule has 0 bridgehead atoms. The van der Waals surface area contributed by atoms with E-state index in [1.54, 1.807) is 12.1 Å². The van der Waals surface area contributed by atoms with Crippen molar-refractivity contribution in [3.63, 3.8) is 0 Å². The first-order valence-electron chi connectivity index (χ1n) is 7.76. The fourth-order valence-corrected chi connectivity index (χ4v) is 2.05. The lowest BCUT2D eigenvalue weighted by Gasteiger charge is -2.06. The van der Waals surface area contributed by atoms with Gasteiger partial charge in [0, 0.05) is 5.56 Å². The van der Waals surface area contributed by atoms with Gasteiger partial charge in [0.25, 0.3) is 5.91 Å². The smallest absolute Gasteiger partial charge is 0.408 e. The number of carbonyl (C=O) groups is 2. The van der Waals surface area contributed by atoms with Crippen molar-refractivity contribution in [2.45, 2.75) is 6.61 Å². The number of amides is 2. The molecule has 0 saturated heterocycles. The summed E-state index contributed by atoms with van der Waals surface area (Å²) in [4.78, 5) is 23.4. The molecule has 0 radical (unpaired) electrons. The average Bonchev–Trinajstić information content (AvgIpc) is 2.69. The topological polar surface area (TPSA) is 103 Å². The maximum absolute atomic E-state index is 11.8. The van der Waals surface area contributed by atoms with E-state index in [1.807, 2.05) is 30.3 Å². The third-order valence-electron chi connectivity index (χ3n) is 3.36. The zero-order valence-corrected chi connectivity index (χ0v) is 14.2. The predicted molar refractivity (Wildman–Crippen MR) is 96.2 cm³/mol. The Hall–Kier alpha value is -3.50. The molecule has 0 fully saturated rings. The first-order valence-corrected chi connectivity index (χ1v) is 7.76. The van der Waals surface area contributed by atoms with E-state index in [0.717, 1.165) is 5.56 Å². The van der Waals surface area contributed by atoms with Crippen LogP contribution in [0.3, 0.4) is 0 Å². The molecular formula is C19H19N3O4. The van der Waals surface area contributed by atoms with Gasteiger partial charge in [-0.3, -0.25) is 10.2 Å². The van der Waals surface area contributed by atoms with Crippen LogP contribution in [-0.2, 0) is 11.3 Å². The van der Waals surface area contributed by atoms with Crippen molar-refractivity contribution in [1.82, 2.24) is 10.7 Å². The maximum atomic E-state index is 11.8. The van der Waals surface area contributed by atoms with Gasteiger partial charge in [0.15, 0.2) is 0 Å². The summed E-state index contributed by atoms with van der Waals surface area (Å²) in [6.45, 7) is 0.253. The lowest BCUT2D eigenvalue weighted by atomic mass is 10.1. The van der Waals surface area contributed by atoms with Crippen molar-refractivity contribution < 1.29 is 19.1 Å². The van der Waals surface area contributed by atoms with Gasteiger partial charge in [-0.05, 0) is 23.8 Å². The van der Waals surface area contributed by atoms with E-state index in [2.05, 4.69) is 22.6 Å². The Labute approximate surface area is 151 Å². The second kappa shape index (κ2) is 9.71. The molecule has 0 unspecified atom stereocenters. The summed E-state index contributed by atoms with van der Waals surface area (Å²) in [5.74, 6) is 10.8. The summed E-state index contributed by atoms with van der Waals surface area (Å²) in [5, 5.41) is 2.52. The second-order valence-corrected chi connectivity index (χ2v) is 5.10. The van der Waals surface area contributed by atoms with Crippen molar-refractivity contribution in [2.75, 3.05) is 13.7 Å². The van der Waals surface area contributed by atoms with Crippen LogP contribution in [0.15, 0.2) is 48.5 Å². The number of carbonyl (C=O) groups excluding carboxylic acids is 2. The molecule has 26 heavy (non-hydrogen) atoms. The van der Waals surface area contributed by atoms with E-state index >= 15 is 0 Å². The molecule has 7 heteroatoms. The minimum atomic E-state index is -0.571. The maximum Gasteiger partial charge on any atom is 0.408 e. The van der Waals surface area contributed by atoms with Crippen molar-refractivity contribution in [3.8, 4) is 17.6 Å². The van der Waals surface area contributed by atoms with Crippen LogP contribution in [0.25, 0.3) is 0 Å². The third kappa shape index (κ3) is 5.54. The molecule has 134 valence electrons. The Morgan fingerprint density at radius 3 is 2.62 bits per heavy atom. The number of methoxy groups -OCH3 is 1. The number of ether oxygens (including phenoxy) is 2. The van der Waals surface area contributed by atoms with Crippen LogP contribution in [0.5, 0.6) is 5.75 Å². The Balaban J connectivity index is 1.91. The van der Waals surface area contributed by atoms with E-state index in [-0.39, 0.29) is 18.7 Å². The predicted octanol–water partition coefficient (Wildman–Crippen LogP) is 1.58. The van der Waals surface area contributed by atoms with Crippen LogP contribution in [-0.4, -0.2) is 25.7 Å². The molecule has 2 amide bonds. The molecule has 2 rings (SSSR count). The molecular weight excluding hydrogens is 334 g/mol. The van der Waals surface area contributed by atoms with Gasteiger partial charge in [-0.1, -0.05) is 42.2 Å². The molecule has 0 heterocycles. The summed E-state index contributed by atoms with van der Waals surface area (Å²) in [6, 6.07) is 14.2. The van der Waals surface area contributed by atoms with E-state index in [1.165, 1.54) is 13.2 Å². The van der Waals surface area contributed by atoms with Crippen molar-refractivity contribution >= 4 is 12.0 Å². The van der Waals surface area contributed by atoms with Crippen molar-refractivity contribution in [2.24, 2.45) is 5.84 Å². The summed E-state index contributed by atoms with van der Waals surface area (Å²) >= 11 is 0. The number of benzene rings is 2. The van der Waals surface area contributed by atoms with Gasteiger partial charge in [-0.15, -0.1) is 0 Å². The fourth-order valence-electron chi connectivity index (χ4n) is 2.05. The standard InChI is InChI=1S/C19H19N3O4/c1-25-16-10-9-15(17(12-16)18(23)22-20)8-5-11-21-19(24)26-13-14-6-3-2-4-7-14/h2-4,6-7,9-10,12H,11,13,20H2,1H3,(H,21,24)(H,22,23). The normalized spacial score (nSPS) is 9.46. The highest BCUT2D eigenvalue weighted by molar-refractivity contribution is 5.96. The van der Waals surface area contributed by atoms with Gasteiger partial charge in [-0.2, -0.15) is 0 Å². The number of rotatable bonds is 5. The first-order chi connectivity index (χ1) is 12.6. The van der Waals surface area contributed by atoms with E-state index in [9.17, 15) is 9.59 Å². The van der Waals surface area contributed by atoms with Gasteiger partial charge < -0.3 is 14.8 Å². The zero-order chi connectivity index (χ0) is 18.8. The van der Waals surface area contributed by atoms with Crippen molar-refractivity contribution in [3.05, 3.63) is 65.2 Å². The van der Waals surface area contributed by atoms with Gasteiger partial charge in [0.1, 0.15) is 12.4 Å². The molecule has 2 aromatic carbocycles. The van der Waals surface area contributed by atoms with Gasteiger partial charge in [0.2, 0.25) is 0 Å². The SMILES string of the molecule is COc1ccc(C#CCNC(=O)OCc2ccccc2)c(C(=O)NN)c1. The highest BCUT2D eigenvalue weighted by Crippen LogP contribution is 2.16. The molecule has 2 aromatic rings. The van der Waals surface area contributed by atoms with Crippen molar-refractivity contribution in [1.29, 1.82) is 0 Å². The molecule has 0 spiro atoms. The van der Waals surface area contributed by atoms with Gasteiger partial charge in [0.05, 0.1) is 19.2 Å². The molecule has 0 aromatic heterocycles. The molecule has 0 saturated carbocycles. The summed E-state index contributed by atoms with van der Waals surface area (Å²) in [5.41, 5.74) is 3.70. The van der Waals surface area contributed by atoms with E-state index in [4.69, 9.17) is 15.3 Å². The molecule has 0 aliphatic rings. The lowest BCUT2D eigenvalue weighted by molar-refractivity contribution is 0.0953. The van der Waals surface area contributed by atoms with E-state index in [0.29, 0.717) is 11.3 Å². The van der Waals surface area contributed by atoms with Crippen LogP contribution in [0.4, 0.5) is 4.79 Å². The lowest BCUT2D eigenvalue weighted by Crippen LogP contribution is -2.30. The molecule has 0 atom stereocenters. The zero-order valence-electron chi connectivity index (χ0n) is 14.2. The Morgan fingerprint density at radius 2 is 1.92 bits per heavy atom. The minimum Gasteiger partial charge on any atom is -0.497 e. The van der Waals surface area contributed by atoms with Crippen LogP contribution >= 0.6 is 0 Å². The number of nitrogens with one attached hydrogen (secondary N) is 2. The quantitative estimate of drug-likeness (QED) is 0.328. The number of alkyl carbamates (subject to hydrolysis) is 1. The van der Waals surface area contributed by atoms with Crippen LogP contribution in [0, 0.1) is 11.8 Å². The third-order valence-corrected chi connectivity index (χ3v) is 3.36. The van der Waals surface area contributed by atoms with Gasteiger partial charge >= 0.3 is 6.09 Å². The largest absolute Gasteiger partial charge is 0.497 e. The average molecular weight is 353 g/mol. The number of hydrazine groups is 1. The highest BCUT2D eigenvalue weighted by Gasteiger charge is 2.10. The molecule has 4 N–H and O–H groups in total. The Morgan fingerprint density at radius 1 is 1.15 bits per heavy atom.